The Hall–Kier alpha value is -3.69. The second-order valence-electron chi connectivity index (χ2n) is 7.74. The number of cyclic esters (lactones) is 1. The Morgan fingerprint density at radius 1 is 1.17 bits per heavy atom. The fourth-order valence-corrected chi connectivity index (χ4v) is 4.24. The molecule has 1 aliphatic heterocycles. The second kappa shape index (κ2) is 10.9. The van der Waals surface area contributed by atoms with Crippen LogP contribution in [-0.4, -0.2) is 23.4 Å². The smallest absolute Gasteiger partial charge is 0.363 e. The molecule has 36 heavy (non-hydrogen) atoms. The minimum absolute atomic E-state index is 0.00972. The Kier molecular flexibility index (Phi) is 7.71. The number of aliphatic imine (C=N–C) groups is 1. The lowest BCUT2D eigenvalue weighted by molar-refractivity contribution is -0.384. The molecule has 0 radical (unpaired) electrons. The van der Waals surface area contributed by atoms with Crippen LogP contribution in [0.15, 0.2) is 69.8 Å². The maximum Gasteiger partial charge on any atom is 0.363 e. The van der Waals surface area contributed by atoms with Gasteiger partial charge in [0, 0.05) is 12.1 Å². The number of rotatable bonds is 8. The van der Waals surface area contributed by atoms with Crippen molar-refractivity contribution in [3.05, 3.63) is 102 Å². The first-order valence-corrected chi connectivity index (χ1v) is 12.0. The summed E-state index contributed by atoms with van der Waals surface area (Å²) in [4.78, 5) is 27.3. The van der Waals surface area contributed by atoms with E-state index in [1.54, 1.807) is 12.1 Å². The second-order valence-corrected chi connectivity index (χ2v) is 9.00. The number of aryl methyl sites for hydroxylation is 1. The third-order valence-electron chi connectivity index (χ3n) is 5.28. The standard InChI is InChI=1S/C26H20BrClN2O6/c1-3-34-23-12-16(10-20(27)24(23)35-14-17-7-5-4-6-15(17)2)11-22-26(31)36-25(29-22)19-13-18(30(32)33)8-9-21(19)28/h4-13H,3,14H2,1-2H3/b22-11-. The van der Waals surface area contributed by atoms with E-state index in [1.807, 2.05) is 38.1 Å². The molecular weight excluding hydrogens is 552 g/mol. The first-order valence-electron chi connectivity index (χ1n) is 10.9. The van der Waals surface area contributed by atoms with Crippen molar-refractivity contribution >= 4 is 51.2 Å². The van der Waals surface area contributed by atoms with Crippen molar-refractivity contribution in [3.63, 3.8) is 0 Å². The molecule has 1 aliphatic rings. The molecule has 0 bridgehead atoms. The Bertz CT molecular complexity index is 1420. The molecule has 0 fully saturated rings. The number of hydrogen-bond donors (Lipinski definition) is 0. The van der Waals surface area contributed by atoms with Crippen LogP contribution in [0.1, 0.15) is 29.2 Å². The van der Waals surface area contributed by atoms with Crippen molar-refractivity contribution in [1.82, 2.24) is 0 Å². The lowest BCUT2D eigenvalue weighted by Crippen LogP contribution is -2.06. The average Bonchev–Trinajstić information content (AvgIpc) is 3.19. The van der Waals surface area contributed by atoms with Gasteiger partial charge in [0.1, 0.15) is 6.61 Å². The summed E-state index contributed by atoms with van der Waals surface area (Å²) in [6.45, 7) is 4.64. The molecule has 0 atom stereocenters. The van der Waals surface area contributed by atoms with Crippen molar-refractivity contribution in [1.29, 1.82) is 0 Å². The number of halogens is 2. The summed E-state index contributed by atoms with van der Waals surface area (Å²) in [5.41, 5.74) is 2.74. The molecule has 0 saturated heterocycles. The molecular formula is C26H20BrClN2O6. The summed E-state index contributed by atoms with van der Waals surface area (Å²) in [7, 11) is 0. The Balaban J connectivity index is 1.65. The van der Waals surface area contributed by atoms with Crippen LogP contribution >= 0.6 is 27.5 Å². The zero-order valence-corrected chi connectivity index (χ0v) is 21.6. The summed E-state index contributed by atoms with van der Waals surface area (Å²) in [6.07, 6.45) is 1.53. The highest BCUT2D eigenvalue weighted by Gasteiger charge is 2.27. The van der Waals surface area contributed by atoms with Crippen LogP contribution < -0.4 is 9.47 Å². The molecule has 0 aliphatic carbocycles. The number of carbonyl (C=O) groups excluding carboxylic acids is 1. The SMILES string of the molecule is CCOc1cc(/C=C2\N=C(c3cc([N+](=O)[O-])ccc3Cl)OC2=O)cc(Br)c1OCc1ccccc1C. The summed E-state index contributed by atoms with van der Waals surface area (Å²) >= 11 is 9.70. The van der Waals surface area contributed by atoms with Crippen molar-refractivity contribution in [3.8, 4) is 11.5 Å². The van der Waals surface area contributed by atoms with Gasteiger partial charge in [0.15, 0.2) is 17.2 Å². The van der Waals surface area contributed by atoms with Crippen LogP contribution in [0.3, 0.4) is 0 Å². The van der Waals surface area contributed by atoms with Crippen LogP contribution in [0.5, 0.6) is 11.5 Å². The van der Waals surface area contributed by atoms with E-state index < -0.39 is 10.9 Å². The van der Waals surface area contributed by atoms with Crippen molar-refractivity contribution in [2.24, 2.45) is 4.99 Å². The summed E-state index contributed by atoms with van der Waals surface area (Å²) in [5, 5.41) is 11.3. The molecule has 0 unspecified atom stereocenters. The highest BCUT2D eigenvalue weighted by Crippen LogP contribution is 2.38. The normalized spacial score (nSPS) is 13.9. The van der Waals surface area contributed by atoms with Crippen LogP contribution in [0.25, 0.3) is 6.08 Å². The van der Waals surface area contributed by atoms with E-state index in [9.17, 15) is 14.9 Å². The van der Waals surface area contributed by atoms with Gasteiger partial charge in [0.05, 0.1) is 26.6 Å². The van der Waals surface area contributed by atoms with E-state index >= 15 is 0 Å². The van der Waals surface area contributed by atoms with Gasteiger partial charge in [0.2, 0.25) is 5.90 Å². The van der Waals surface area contributed by atoms with Crippen LogP contribution in [0.2, 0.25) is 5.02 Å². The highest BCUT2D eigenvalue weighted by atomic mass is 79.9. The molecule has 0 aromatic heterocycles. The van der Waals surface area contributed by atoms with Crippen LogP contribution in [0.4, 0.5) is 5.69 Å². The number of benzene rings is 3. The monoisotopic (exact) mass is 570 g/mol. The lowest BCUT2D eigenvalue weighted by atomic mass is 10.1. The number of non-ortho nitro benzene ring substituents is 1. The quantitative estimate of drug-likeness (QED) is 0.130. The highest BCUT2D eigenvalue weighted by molar-refractivity contribution is 9.10. The zero-order chi connectivity index (χ0) is 25.8. The van der Waals surface area contributed by atoms with Crippen LogP contribution in [0, 0.1) is 17.0 Å². The number of carbonyl (C=O) groups is 1. The first kappa shape index (κ1) is 25.4. The fraction of sp³-hybridized carbons (Fsp3) is 0.154. The van der Waals surface area contributed by atoms with E-state index in [1.165, 1.54) is 24.3 Å². The van der Waals surface area contributed by atoms with Crippen molar-refractivity contribution in [2.75, 3.05) is 6.61 Å². The first-order chi connectivity index (χ1) is 17.3. The molecule has 0 amide bonds. The maximum absolute atomic E-state index is 12.5. The van der Waals surface area contributed by atoms with E-state index in [0.717, 1.165) is 11.1 Å². The molecule has 8 nitrogen and oxygen atoms in total. The Labute approximate surface area is 220 Å². The van der Waals surface area contributed by atoms with Gasteiger partial charge in [0.25, 0.3) is 5.69 Å². The molecule has 0 saturated carbocycles. The van der Waals surface area contributed by atoms with Gasteiger partial charge in [-0.2, -0.15) is 0 Å². The Morgan fingerprint density at radius 3 is 2.67 bits per heavy atom. The average molecular weight is 572 g/mol. The molecule has 1 heterocycles. The summed E-state index contributed by atoms with van der Waals surface area (Å²) in [5.74, 6) is 0.206. The summed E-state index contributed by atoms with van der Waals surface area (Å²) < 4.78 is 17.7. The molecule has 0 N–H and O–H groups in total. The van der Waals surface area contributed by atoms with E-state index in [2.05, 4.69) is 20.9 Å². The number of nitrogens with zero attached hydrogens (tertiary/aromatic N) is 2. The topological polar surface area (TPSA) is 100 Å². The molecule has 184 valence electrons. The van der Waals surface area contributed by atoms with Gasteiger partial charge in [-0.25, -0.2) is 9.79 Å². The molecule has 0 spiro atoms. The van der Waals surface area contributed by atoms with Gasteiger partial charge in [-0.05, 0) is 70.7 Å². The van der Waals surface area contributed by atoms with E-state index in [-0.39, 0.29) is 27.9 Å². The van der Waals surface area contributed by atoms with Gasteiger partial charge >= 0.3 is 5.97 Å². The van der Waals surface area contributed by atoms with E-state index in [4.69, 9.17) is 25.8 Å². The zero-order valence-electron chi connectivity index (χ0n) is 19.3. The van der Waals surface area contributed by atoms with Gasteiger partial charge < -0.3 is 14.2 Å². The molecule has 10 heteroatoms. The van der Waals surface area contributed by atoms with Crippen molar-refractivity contribution in [2.45, 2.75) is 20.5 Å². The van der Waals surface area contributed by atoms with Gasteiger partial charge in [-0.15, -0.1) is 0 Å². The largest absolute Gasteiger partial charge is 0.490 e. The third kappa shape index (κ3) is 5.58. The molecule has 4 rings (SSSR count). The minimum Gasteiger partial charge on any atom is -0.490 e. The predicted molar refractivity (Wildman–Crippen MR) is 140 cm³/mol. The summed E-state index contributed by atoms with van der Waals surface area (Å²) in [6, 6.07) is 15.3. The predicted octanol–water partition coefficient (Wildman–Crippen LogP) is 6.64. The number of ether oxygens (including phenoxy) is 3. The number of nitro benzene ring substituents is 1. The number of esters is 1. The molecule has 3 aromatic rings. The van der Waals surface area contributed by atoms with E-state index in [0.29, 0.717) is 34.7 Å². The van der Waals surface area contributed by atoms with Crippen molar-refractivity contribution < 1.29 is 23.9 Å². The minimum atomic E-state index is -0.707. The third-order valence-corrected chi connectivity index (χ3v) is 6.20. The number of hydrogen-bond acceptors (Lipinski definition) is 7. The molecule has 3 aromatic carbocycles. The maximum atomic E-state index is 12.5. The number of nitro groups is 1. The van der Waals surface area contributed by atoms with Gasteiger partial charge in [-0.1, -0.05) is 35.9 Å². The Morgan fingerprint density at radius 2 is 1.94 bits per heavy atom. The van der Waals surface area contributed by atoms with Crippen LogP contribution in [-0.2, 0) is 16.1 Å². The van der Waals surface area contributed by atoms with Gasteiger partial charge in [-0.3, -0.25) is 10.1 Å². The lowest BCUT2D eigenvalue weighted by Gasteiger charge is -2.15. The fourth-order valence-electron chi connectivity index (χ4n) is 3.47.